The van der Waals surface area contributed by atoms with E-state index in [1.165, 1.54) is 7.11 Å². The summed E-state index contributed by atoms with van der Waals surface area (Å²) in [7, 11) is 1.36. The molecule has 0 radical (unpaired) electrons. The molecule has 2 unspecified atom stereocenters. The van der Waals surface area contributed by atoms with Gasteiger partial charge in [-0.3, -0.25) is 0 Å². The molecule has 2 amide bonds. The van der Waals surface area contributed by atoms with E-state index in [-0.39, 0.29) is 16.9 Å². The Morgan fingerprint density at radius 2 is 1.80 bits per heavy atom. The van der Waals surface area contributed by atoms with E-state index in [0.717, 1.165) is 19.3 Å². The van der Waals surface area contributed by atoms with Gasteiger partial charge in [0.25, 0.3) is 0 Å². The fourth-order valence-electron chi connectivity index (χ4n) is 4.01. The molecule has 0 spiro atoms. The lowest BCUT2D eigenvalue weighted by Gasteiger charge is -2.46. The van der Waals surface area contributed by atoms with Gasteiger partial charge in [-0.25, -0.2) is 9.59 Å². The second-order valence-corrected chi connectivity index (χ2v) is 7.95. The van der Waals surface area contributed by atoms with Gasteiger partial charge in [-0.05, 0) is 42.2 Å². The molecule has 2 N–H and O–H groups in total. The summed E-state index contributed by atoms with van der Waals surface area (Å²) >= 11 is 0. The molecule has 2 rings (SSSR count). The van der Waals surface area contributed by atoms with Gasteiger partial charge in [-0.1, -0.05) is 39.0 Å². The Balaban J connectivity index is 1.93. The van der Waals surface area contributed by atoms with Gasteiger partial charge in [0.15, 0.2) is 0 Å². The van der Waals surface area contributed by atoms with Crippen LogP contribution in [0.1, 0.15) is 40.0 Å². The summed E-state index contributed by atoms with van der Waals surface area (Å²) in [6, 6.07) is 8.99. The van der Waals surface area contributed by atoms with Crippen LogP contribution in [0.4, 0.5) is 9.59 Å². The summed E-state index contributed by atoms with van der Waals surface area (Å²) < 4.78 is 9.99. The minimum atomic E-state index is -0.465. The smallest absolute Gasteiger partial charge is 0.412 e. The van der Waals surface area contributed by atoms with E-state index >= 15 is 0 Å². The van der Waals surface area contributed by atoms with Crippen molar-refractivity contribution in [2.24, 2.45) is 10.8 Å². The number of methoxy groups -OCH3 is 1. The van der Waals surface area contributed by atoms with Crippen molar-refractivity contribution in [1.29, 1.82) is 0 Å². The molecule has 25 heavy (non-hydrogen) atoms. The van der Waals surface area contributed by atoms with Gasteiger partial charge in [0, 0.05) is 12.6 Å². The number of rotatable bonds is 4. The van der Waals surface area contributed by atoms with Gasteiger partial charge >= 0.3 is 12.2 Å². The SMILES string of the molecule is COC(=O)NC1CC(C)(C)CC(C)(CNC(=O)Oc2ccccc2)C1. The number of hydrogen-bond acceptors (Lipinski definition) is 4. The topological polar surface area (TPSA) is 76.7 Å². The van der Waals surface area contributed by atoms with E-state index in [1.54, 1.807) is 12.1 Å². The summed E-state index contributed by atoms with van der Waals surface area (Å²) in [6.45, 7) is 6.97. The highest BCUT2D eigenvalue weighted by Crippen LogP contribution is 2.45. The average molecular weight is 348 g/mol. The molecule has 1 aromatic rings. The Bertz CT molecular complexity index is 603. The van der Waals surface area contributed by atoms with Gasteiger partial charge in [0.05, 0.1) is 7.11 Å². The first kappa shape index (κ1) is 19.1. The number of amides is 2. The molecule has 0 aliphatic heterocycles. The molecule has 0 aromatic heterocycles. The molecule has 6 nitrogen and oxygen atoms in total. The van der Waals surface area contributed by atoms with E-state index in [2.05, 4.69) is 31.4 Å². The molecule has 1 aliphatic carbocycles. The Kier molecular flexibility index (Phi) is 5.93. The van der Waals surface area contributed by atoms with E-state index in [4.69, 9.17) is 9.47 Å². The molecule has 138 valence electrons. The van der Waals surface area contributed by atoms with Crippen LogP contribution in [-0.2, 0) is 4.74 Å². The maximum absolute atomic E-state index is 12.0. The van der Waals surface area contributed by atoms with Crippen LogP contribution in [0.5, 0.6) is 5.75 Å². The summed E-state index contributed by atoms with van der Waals surface area (Å²) in [6.07, 6.45) is 1.73. The van der Waals surface area contributed by atoms with Crippen LogP contribution in [0.15, 0.2) is 30.3 Å². The molecular weight excluding hydrogens is 320 g/mol. The zero-order valence-electron chi connectivity index (χ0n) is 15.4. The third-order valence-electron chi connectivity index (χ3n) is 4.56. The summed E-state index contributed by atoms with van der Waals surface area (Å²) in [4.78, 5) is 23.6. The number of hydrogen-bond donors (Lipinski definition) is 2. The Hall–Kier alpha value is -2.24. The lowest BCUT2D eigenvalue weighted by atomic mass is 9.62. The zero-order valence-corrected chi connectivity index (χ0v) is 15.4. The van der Waals surface area contributed by atoms with E-state index in [9.17, 15) is 9.59 Å². The maximum Gasteiger partial charge on any atom is 0.412 e. The first-order valence-electron chi connectivity index (χ1n) is 8.57. The molecule has 0 saturated heterocycles. The van der Waals surface area contributed by atoms with Crippen molar-refractivity contribution in [1.82, 2.24) is 10.6 Å². The second kappa shape index (κ2) is 7.76. The van der Waals surface area contributed by atoms with Crippen LogP contribution in [0.3, 0.4) is 0 Å². The van der Waals surface area contributed by atoms with E-state index in [0.29, 0.717) is 12.3 Å². The molecule has 1 aliphatic rings. The van der Waals surface area contributed by atoms with Crippen molar-refractivity contribution in [3.05, 3.63) is 30.3 Å². The summed E-state index contributed by atoms with van der Waals surface area (Å²) in [5.41, 5.74) is -0.0765. The van der Waals surface area contributed by atoms with Crippen molar-refractivity contribution < 1.29 is 19.1 Å². The predicted molar refractivity (Wildman–Crippen MR) is 95.5 cm³/mol. The molecular formula is C19H28N2O4. The molecule has 0 bridgehead atoms. The molecule has 1 saturated carbocycles. The first-order valence-corrected chi connectivity index (χ1v) is 8.57. The highest BCUT2D eigenvalue weighted by molar-refractivity contribution is 5.70. The molecule has 1 fully saturated rings. The van der Waals surface area contributed by atoms with Crippen molar-refractivity contribution in [3.63, 3.8) is 0 Å². The maximum atomic E-state index is 12.0. The van der Waals surface area contributed by atoms with Crippen molar-refractivity contribution in [3.8, 4) is 5.75 Å². The van der Waals surface area contributed by atoms with Crippen LogP contribution in [-0.4, -0.2) is 31.9 Å². The fourth-order valence-corrected chi connectivity index (χ4v) is 4.01. The standard InChI is InChI=1S/C19H28N2O4/c1-18(2)10-14(21-17(23)24-4)11-19(3,12-18)13-20-16(22)25-15-8-6-5-7-9-15/h5-9,14H,10-13H2,1-4H3,(H,20,22)(H,21,23). The number of carbonyl (C=O) groups excluding carboxylic acids is 2. The average Bonchev–Trinajstić information content (AvgIpc) is 2.52. The third kappa shape index (κ3) is 5.96. The summed E-state index contributed by atoms with van der Waals surface area (Å²) in [5.74, 6) is 0.513. The van der Waals surface area contributed by atoms with Gasteiger partial charge in [-0.15, -0.1) is 0 Å². The molecule has 6 heteroatoms. The largest absolute Gasteiger partial charge is 0.453 e. The monoisotopic (exact) mass is 348 g/mol. The van der Waals surface area contributed by atoms with Crippen molar-refractivity contribution in [2.45, 2.75) is 46.1 Å². The number of ether oxygens (including phenoxy) is 2. The van der Waals surface area contributed by atoms with Crippen LogP contribution < -0.4 is 15.4 Å². The number of alkyl carbamates (subject to hydrolysis) is 1. The van der Waals surface area contributed by atoms with E-state index in [1.807, 2.05) is 18.2 Å². The minimum absolute atomic E-state index is 0.0214. The highest BCUT2D eigenvalue weighted by atomic mass is 16.6. The third-order valence-corrected chi connectivity index (χ3v) is 4.56. The number of carbonyl (C=O) groups is 2. The first-order chi connectivity index (χ1) is 11.7. The highest BCUT2D eigenvalue weighted by Gasteiger charge is 2.42. The molecule has 0 heterocycles. The predicted octanol–water partition coefficient (Wildman–Crippen LogP) is 3.72. The van der Waals surface area contributed by atoms with Crippen LogP contribution in [0, 0.1) is 10.8 Å². The molecule has 1 aromatic carbocycles. The zero-order chi connectivity index (χ0) is 18.5. The van der Waals surface area contributed by atoms with Gasteiger partial charge in [-0.2, -0.15) is 0 Å². The van der Waals surface area contributed by atoms with Gasteiger partial charge < -0.3 is 20.1 Å². The van der Waals surface area contributed by atoms with Crippen molar-refractivity contribution >= 4 is 12.2 Å². The Morgan fingerprint density at radius 3 is 2.44 bits per heavy atom. The minimum Gasteiger partial charge on any atom is -0.453 e. The van der Waals surface area contributed by atoms with Crippen molar-refractivity contribution in [2.75, 3.05) is 13.7 Å². The quantitative estimate of drug-likeness (QED) is 0.869. The number of para-hydroxylation sites is 1. The van der Waals surface area contributed by atoms with Crippen LogP contribution >= 0.6 is 0 Å². The van der Waals surface area contributed by atoms with Crippen LogP contribution in [0.25, 0.3) is 0 Å². The van der Waals surface area contributed by atoms with Gasteiger partial charge in [0.2, 0.25) is 0 Å². The number of nitrogens with one attached hydrogen (secondary N) is 2. The van der Waals surface area contributed by atoms with E-state index < -0.39 is 12.2 Å². The number of benzene rings is 1. The van der Waals surface area contributed by atoms with Crippen LogP contribution in [0.2, 0.25) is 0 Å². The van der Waals surface area contributed by atoms with Gasteiger partial charge in [0.1, 0.15) is 5.75 Å². The fraction of sp³-hybridized carbons (Fsp3) is 0.579. The summed E-state index contributed by atoms with van der Waals surface area (Å²) in [5, 5.41) is 5.76. The Morgan fingerprint density at radius 1 is 1.12 bits per heavy atom. The lowest BCUT2D eigenvalue weighted by molar-refractivity contribution is 0.0676. The lowest BCUT2D eigenvalue weighted by Crippen LogP contribution is -2.50. The molecule has 2 atom stereocenters. The second-order valence-electron chi connectivity index (χ2n) is 7.95. The normalized spacial score (nSPS) is 24.9. The Labute approximate surface area is 149 Å².